The number of halogens is 2. The van der Waals surface area contributed by atoms with Crippen LogP contribution in [-0.4, -0.2) is 39.1 Å². The molecule has 1 amide bonds. The number of amides is 1. The molecule has 1 aromatic rings. The summed E-state index contributed by atoms with van der Waals surface area (Å²) in [5.74, 6) is -3.55. The molecule has 1 aliphatic rings. The molecule has 108 valence electrons. The molecule has 1 heterocycles. The van der Waals surface area contributed by atoms with Gasteiger partial charge in [0.1, 0.15) is 6.04 Å². The predicted octanol–water partition coefficient (Wildman–Crippen LogP) is 2.34. The molecule has 0 radical (unpaired) electrons. The van der Waals surface area contributed by atoms with Gasteiger partial charge in [0.05, 0.1) is 5.37 Å². The average molecular weight is 301 g/mol. The molecular formula is C13H13F2NO3S. The number of hydrogen-bond acceptors (Lipinski definition) is 3. The van der Waals surface area contributed by atoms with E-state index in [9.17, 15) is 18.4 Å². The Kier molecular flexibility index (Phi) is 4.27. The molecule has 1 aromatic carbocycles. The lowest BCUT2D eigenvalue weighted by molar-refractivity contribution is -0.141. The van der Waals surface area contributed by atoms with Gasteiger partial charge in [-0.3, -0.25) is 4.79 Å². The first-order chi connectivity index (χ1) is 9.45. The van der Waals surface area contributed by atoms with Crippen LogP contribution in [0.2, 0.25) is 0 Å². The number of thioether (sulfide) groups is 1. The first-order valence-electron chi connectivity index (χ1n) is 6.07. The number of benzene rings is 1. The zero-order chi connectivity index (χ0) is 14.9. The van der Waals surface area contributed by atoms with Crippen molar-refractivity contribution < 1.29 is 23.5 Å². The van der Waals surface area contributed by atoms with Crippen LogP contribution >= 0.6 is 11.8 Å². The van der Waals surface area contributed by atoms with Crippen LogP contribution in [0.5, 0.6) is 0 Å². The summed E-state index contributed by atoms with van der Waals surface area (Å²) in [6.07, 6.45) is 0.587. The number of carbonyl (C=O) groups excluding carboxylic acids is 1. The van der Waals surface area contributed by atoms with Crippen LogP contribution in [-0.2, 0) is 4.79 Å². The number of nitrogens with zero attached hydrogens (tertiary/aromatic N) is 1. The van der Waals surface area contributed by atoms with Gasteiger partial charge in [0, 0.05) is 11.3 Å². The zero-order valence-electron chi connectivity index (χ0n) is 10.7. The highest BCUT2D eigenvalue weighted by atomic mass is 32.2. The Bertz CT molecular complexity index is 552. The van der Waals surface area contributed by atoms with E-state index in [-0.39, 0.29) is 10.9 Å². The number of hydrogen-bond donors (Lipinski definition) is 1. The summed E-state index contributed by atoms with van der Waals surface area (Å²) in [6.45, 7) is 1.84. The molecule has 0 spiro atoms. The van der Waals surface area contributed by atoms with Crippen LogP contribution in [0.15, 0.2) is 18.2 Å². The molecule has 0 bridgehead atoms. The van der Waals surface area contributed by atoms with Gasteiger partial charge in [0.2, 0.25) is 0 Å². The highest BCUT2D eigenvalue weighted by Gasteiger charge is 2.41. The lowest BCUT2D eigenvalue weighted by Gasteiger charge is -2.26. The van der Waals surface area contributed by atoms with Gasteiger partial charge in [-0.15, -0.1) is 11.8 Å². The zero-order valence-corrected chi connectivity index (χ0v) is 11.5. The van der Waals surface area contributed by atoms with Crippen molar-refractivity contribution in [3.63, 3.8) is 0 Å². The number of carboxylic acids is 1. The lowest BCUT2D eigenvalue weighted by Crippen LogP contribution is -2.45. The molecule has 1 N–H and O–H groups in total. The molecule has 0 saturated carbocycles. The van der Waals surface area contributed by atoms with Gasteiger partial charge in [-0.1, -0.05) is 6.92 Å². The van der Waals surface area contributed by atoms with E-state index < -0.39 is 29.6 Å². The summed E-state index contributed by atoms with van der Waals surface area (Å²) in [6, 6.07) is 1.88. The summed E-state index contributed by atoms with van der Waals surface area (Å²) >= 11 is 1.37. The Morgan fingerprint density at radius 1 is 1.40 bits per heavy atom. The second-order valence-electron chi connectivity index (χ2n) is 4.39. The van der Waals surface area contributed by atoms with E-state index in [0.29, 0.717) is 12.2 Å². The fourth-order valence-electron chi connectivity index (χ4n) is 2.12. The predicted molar refractivity (Wildman–Crippen MR) is 70.5 cm³/mol. The van der Waals surface area contributed by atoms with Crippen LogP contribution in [0.4, 0.5) is 8.78 Å². The summed E-state index contributed by atoms with van der Waals surface area (Å²) < 4.78 is 26.1. The molecule has 1 fully saturated rings. The van der Waals surface area contributed by atoms with Crippen molar-refractivity contribution in [1.82, 2.24) is 4.90 Å². The van der Waals surface area contributed by atoms with Gasteiger partial charge in [0.25, 0.3) is 5.91 Å². The van der Waals surface area contributed by atoms with Crippen LogP contribution in [0.3, 0.4) is 0 Å². The van der Waals surface area contributed by atoms with Crippen molar-refractivity contribution >= 4 is 23.6 Å². The van der Waals surface area contributed by atoms with Crippen molar-refractivity contribution in [2.45, 2.75) is 24.8 Å². The highest BCUT2D eigenvalue weighted by Crippen LogP contribution is 2.32. The van der Waals surface area contributed by atoms with Gasteiger partial charge in [-0.25, -0.2) is 13.6 Å². The molecule has 4 nitrogen and oxygen atoms in total. The van der Waals surface area contributed by atoms with Crippen LogP contribution in [0.25, 0.3) is 0 Å². The number of aliphatic carboxylic acids is 1. The van der Waals surface area contributed by atoms with E-state index >= 15 is 0 Å². The maximum Gasteiger partial charge on any atom is 0.327 e. The third kappa shape index (κ3) is 2.63. The van der Waals surface area contributed by atoms with Crippen molar-refractivity contribution in [2.75, 3.05) is 5.75 Å². The number of carbonyl (C=O) groups is 2. The second-order valence-corrected chi connectivity index (χ2v) is 5.60. The van der Waals surface area contributed by atoms with Crippen LogP contribution in [0.1, 0.15) is 23.7 Å². The van der Waals surface area contributed by atoms with E-state index in [0.717, 1.165) is 18.2 Å². The maximum absolute atomic E-state index is 13.2. The maximum atomic E-state index is 13.2. The molecule has 0 aromatic heterocycles. The van der Waals surface area contributed by atoms with Crippen molar-refractivity contribution in [2.24, 2.45) is 0 Å². The molecule has 7 heteroatoms. The minimum atomic E-state index is -1.12. The Morgan fingerprint density at radius 3 is 2.65 bits per heavy atom. The molecular weight excluding hydrogens is 288 g/mol. The normalized spacial score (nSPS) is 22.1. The largest absolute Gasteiger partial charge is 0.480 e. The van der Waals surface area contributed by atoms with E-state index in [1.165, 1.54) is 16.7 Å². The lowest BCUT2D eigenvalue weighted by atomic mass is 10.1. The molecule has 2 atom stereocenters. The standard InChI is InChI=1S/C13H13F2NO3S/c1-2-11-16(10(6-20-11)13(18)19)12(17)7-3-4-8(14)9(15)5-7/h3-5,10-11H,2,6H2,1H3,(H,18,19). The van der Waals surface area contributed by atoms with E-state index in [2.05, 4.69) is 0 Å². The van der Waals surface area contributed by atoms with Crippen molar-refractivity contribution in [3.8, 4) is 0 Å². The van der Waals surface area contributed by atoms with E-state index in [1.54, 1.807) is 0 Å². The third-order valence-corrected chi connectivity index (χ3v) is 4.58. The molecule has 20 heavy (non-hydrogen) atoms. The molecule has 1 saturated heterocycles. The topological polar surface area (TPSA) is 57.6 Å². The summed E-state index contributed by atoms with van der Waals surface area (Å²) in [5.41, 5.74) is -0.0453. The molecule has 1 aliphatic heterocycles. The number of rotatable bonds is 3. The Balaban J connectivity index is 2.33. The number of carboxylic acid groups (broad SMARTS) is 1. The Morgan fingerprint density at radius 2 is 2.10 bits per heavy atom. The SMILES string of the molecule is CCC1SCC(C(=O)O)N1C(=O)c1ccc(F)c(F)c1. The fourth-order valence-corrected chi connectivity index (χ4v) is 3.47. The molecule has 2 rings (SSSR count). The first kappa shape index (κ1) is 14.8. The van der Waals surface area contributed by atoms with E-state index in [1.807, 2.05) is 6.92 Å². The second kappa shape index (κ2) is 5.78. The van der Waals surface area contributed by atoms with E-state index in [4.69, 9.17) is 5.11 Å². The van der Waals surface area contributed by atoms with Gasteiger partial charge >= 0.3 is 5.97 Å². The minimum Gasteiger partial charge on any atom is -0.480 e. The fraction of sp³-hybridized carbons (Fsp3) is 0.385. The van der Waals surface area contributed by atoms with Gasteiger partial charge in [-0.05, 0) is 24.6 Å². The summed E-state index contributed by atoms with van der Waals surface area (Å²) in [5, 5.41) is 8.88. The van der Waals surface area contributed by atoms with Crippen molar-refractivity contribution in [3.05, 3.63) is 35.4 Å². The quantitative estimate of drug-likeness (QED) is 0.931. The van der Waals surface area contributed by atoms with Gasteiger partial charge in [-0.2, -0.15) is 0 Å². The summed E-state index contributed by atoms with van der Waals surface area (Å²) in [4.78, 5) is 24.8. The van der Waals surface area contributed by atoms with Gasteiger partial charge in [0.15, 0.2) is 11.6 Å². The summed E-state index contributed by atoms with van der Waals surface area (Å²) in [7, 11) is 0. The Labute approximate surface area is 118 Å². The van der Waals surface area contributed by atoms with Crippen LogP contribution in [0, 0.1) is 11.6 Å². The first-order valence-corrected chi connectivity index (χ1v) is 7.12. The highest BCUT2D eigenvalue weighted by molar-refractivity contribution is 8.00. The minimum absolute atomic E-state index is 0.0453. The molecule has 0 aliphatic carbocycles. The molecule has 2 unspecified atom stereocenters. The van der Waals surface area contributed by atoms with Crippen molar-refractivity contribution in [1.29, 1.82) is 0 Å². The Hall–Kier alpha value is -1.63. The smallest absolute Gasteiger partial charge is 0.327 e. The van der Waals surface area contributed by atoms with Gasteiger partial charge < -0.3 is 10.0 Å². The third-order valence-electron chi connectivity index (χ3n) is 3.13. The average Bonchev–Trinajstić information content (AvgIpc) is 2.85. The van der Waals surface area contributed by atoms with Crippen LogP contribution < -0.4 is 0 Å². The monoisotopic (exact) mass is 301 g/mol.